The van der Waals surface area contributed by atoms with Crippen LogP contribution in [0.4, 0.5) is 0 Å². The van der Waals surface area contributed by atoms with Gasteiger partial charge >= 0.3 is 5.97 Å². The van der Waals surface area contributed by atoms with Crippen LogP contribution in [0.15, 0.2) is 48.1 Å². The Kier molecular flexibility index (Phi) is 4.26. The van der Waals surface area contributed by atoms with Crippen LogP contribution in [0, 0.1) is 0 Å². The molecule has 0 radical (unpaired) electrons. The standard InChI is InChI=1S/C15H14N2O2S2/c18-14(19)13(8-11-4-2-1-3-5-11)21-10-12-9-17-6-7-20-15(17)16-12/h1-7,9,13H,8,10H2,(H,18,19). The van der Waals surface area contributed by atoms with Crippen LogP contribution >= 0.6 is 23.1 Å². The second-order valence-electron chi connectivity index (χ2n) is 4.65. The van der Waals surface area contributed by atoms with Crippen LogP contribution in [0.1, 0.15) is 11.3 Å². The molecule has 0 amide bonds. The predicted molar refractivity (Wildman–Crippen MR) is 85.9 cm³/mol. The zero-order valence-corrected chi connectivity index (χ0v) is 12.8. The average molecular weight is 318 g/mol. The summed E-state index contributed by atoms with van der Waals surface area (Å²) in [6.07, 6.45) is 4.45. The van der Waals surface area contributed by atoms with Crippen molar-refractivity contribution >= 4 is 34.0 Å². The summed E-state index contributed by atoms with van der Waals surface area (Å²) >= 11 is 3.00. The number of carboxylic acids is 1. The number of carboxylic acid groups (broad SMARTS) is 1. The van der Waals surface area contributed by atoms with Crippen molar-refractivity contribution in [2.75, 3.05) is 0 Å². The minimum atomic E-state index is -0.773. The van der Waals surface area contributed by atoms with Gasteiger partial charge in [0.1, 0.15) is 5.25 Å². The Labute approximate surface area is 130 Å². The van der Waals surface area contributed by atoms with Crippen molar-refractivity contribution in [1.29, 1.82) is 0 Å². The molecule has 0 bridgehead atoms. The number of benzene rings is 1. The Bertz CT molecular complexity index is 708. The molecule has 4 nitrogen and oxygen atoms in total. The van der Waals surface area contributed by atoms with Gasteiger partial charge in [0.2, 0.25) is 0 Å². The molecule has 6 heteroatoms. The number of hydrogen-bond acceptors (Lipinski definition) is 4. The lowest BCUT2D eigenvalue weighted by molar-refractivity contribution is -0.136. The second kappa shape index (κ2) is 6.32. The lowest BCUT2D eigenvalue weighted by Gasteiger charge is -2.11. The van der Waals surface area contributed by atoms with Crippen LogP contribution in [0.3, 0.4) is 0 Å². The third-order valence-electron chi connectivity index (χ3n) is 3.11. The van der Waals surface area contributed by atoms with E-state index in [1.54, 1.807) is 11.3 Å². The number of thioether (sulfide) groups is 1. The van der Waals surface area contributed by atoms with Crippen molar-refractivity contribution in [1.82, 2.24) is 9.38 Å². The molecule has 0 aliphatic carbocycles. The van der Waals surface area contributed by atoms with Crippen LogP contribution in [0.5, 0.6) is 0 Å². The first-order valence-electron chi connectivity index (χ1n) is 6.52. The van der Waals surface area contributed by atoms with E-state index in [9.17, 15) is 9.90 Å². The maximum atomic E-state index is 11.4. The van der Waals surface area contributed by atoms with Crippen molar-refractivity contribution in [3.05, 3.63) is 59.4 Å². The van der Waals surface area contributed by atoms with Gasteiger partial charge in [-0.05, 0) is 12.0 Å². The van der Waals surface area contributed by atoms with E-state index in [4.69, 9.17) is 0 Å². The number of imidazole rings is 1. The third kappa shape index (κ3) is 3.46. The van der Waals surface area contributed by atoms with E-state index in [0.717, 1.165) is 16.2 Å². The zero-order chi connectivity index (χ0) is 14.7. The number of carbonyl (C=O) groups is 1. The summed E-state index contributed by atoms with van der Waals surface area (Å²) in [5, 5.41) is 10.9. The molecule has 108 valence electrons. The van der Waals surface area contributed by atoms with Crippen LogP contribution in [0.2, 0.25) is 0 Å². The first-order valence-corrected chi connectivity index (χ1v) is 8.44. The molecule has 0 spiro atoms. The van der Waals surface area contributed by atoms with Gasteiger partial charge in [0.15, 0.2) is 4.96 Å². The van der Waals surface area contributed by atoms with E-state index >= 15 is 0 Å². The van der Waals surface area contributed by atoms with Gasteiger partial charge < -0.3 is 5.11 Å². The fraction of sp³-hybridized carbons (Fsp3) is 0.200. The Balaban J connectivity index is 1.65. The molecule has 1 unspecified atom stereocenters. The van der Waals surface area contributed by atoms with Crippen LogP contribution in [-0.2, 0) is 17.0 Å². The van der Waals surface area contributed by atoms with Crippen molar-refractivity contribution < 1.29 is 9.90 Å². The SMILES string of the molecule is O=C(O)C(Cc1ccccc1)SCc1cn2ccsc2n1. The molecule has 2 aromatic heterocycles. The number of hydrogen-bond donors (Lipinski definition) is 1. The molecule has 0 aliphatic heterocycles. The molecule has 3 rings (SSSR count). The van der Waals surface area contributed by atoms with Crippen molar-refractivity contribution in [2.24, 2.45) is 0 Å². The maximum absolute atomic E-state index is 11.4. The molecule has 1 N–H and O–H groups in total. The molecular weight excluding hydrogens is 304 g/mol. The first-order chi connectivity index (χ1) is 10.2. The molecule has 0 saturated carbocycles. The van der Waals surface area contributed by atoms with Crippen molar-refractivity contribution in [3.8, 4) is 0 Å². The second-order valence-corrected chi connectivity index (χ2v) is 6.72. The Hall–Kier alpha value is -1.79. The molecule has 21 heavy (non-hydrogen) atoms. The molecule has 1 aromatic carbocycles. The molecular formula is C15H14N2O2S2. The maximum Gasteiger partial charge on any atom is 0.316 e. The van der Waals surface area contributed by atoms with E-state index < -0.39 is 11.2 Å². The highest BCUT2D eigenvalue weighted by molar-refractivity contribution is 7.99. The monoisotopic (exact) mass is 318 g/mol. The highest BCUT2D eigenvalue weighted by Gasteiger charge is 2.19. The number of rotatable bonds is 6. The summed E-state index contributed by atoms with van der Waals surface area (Å²) in [7, 11) is 0. The number of aliphatic carboxylic acids is 1. The third-order valence-corrected chi connectivity index (χ3v) is 5.12. The normalized spacial score (nSPS) is 12.6. The minimum Gasteiger partial charge on any atom is -0.480 e. The summed E-state index contributed by atoms with van der Waals surface area (Å²) in [6, 6.07) is 9.72. The van der Waals surface area contributed by atoms with Crippen LogP contribution in [0.25, 0.3) is 4.96 Å². The van der Waals surface area contributed by atoms with Crippen molar-refractivity contribution in [2.45, 2.75) is 17.4 Å². The highest BCUT2D eigenvalue weighted by atomic mass is 32.2. The van der Waals surface area contributed by atoms with E-state index in [-0.39, 0.29) is 0 Å². The lowest BCUT2D eigenvalue weighted by atomic mass is 10.1. The summed E-state index contributed by atoms with van der Waals surface area (Å²) in [5.74, 6) is -0.164. The van der Waals surface area contributed by atoms with Gasteiger partial charge in [-0.25, -0.2) is 4.98 Å². The van der Waals surface area contributed by atoms with Gasteiger partial charge in [-0.1, -0.05) is 30.3 Å². The molecule has 2 heterocycles. The number of aromatic nitrogens is 2. The van der Waals surface area contributed by atoms with E-state index in [1.807, 2.05) is 52.5 Å². The quantitative estimate of drug-likeness (QED) is 0.757. The van der Waals surface area contributed by atoms with Gasteiger partial charge in [0.25, 0.3) is 0 Å². The molecule has 3 aromatic rings. The number of fused-ring (bicyclic) bond motifs is 1. The summed E-state index contributed by atoms with van der Waals surface area (Å²) in [4.78, 5) is 16.8. The van der Waals surface area contributed by atoms with Crippen LogP contribution < -0.4 is 0 Å². The molecule has 0 saturated heterocycles. The molecule has 0 fully saturated rings. The fourth-order valence-electron chi connectivity index (χ4n) is 2.08. The van der Waals surface area contributed by atoms with Crippen LogP contribution in [-0.4, -0.2) is 25.7 Å². The van der Waals surface area contributed by atoms with E-state index in [2.05, 4.69) is 4.98 Å². The summed E-state index contributed by atoms with van der Waals surface area (Å²) in [6.45, 7) is 0. The predicted octanol–water partition coefficient (Wildman–Crippen LogP) is 3.32. The number of thiazole rings is 1. The first kappa shape index (κ1) is 14.2. The Morgan fingerprint density at radius 1 is 1.38 bits per heavy atom. The van der Waals surface area contributed by atoms with E-state index in [1.165, 1.54) is 11.8 Å². The Morgan fingerprint density at radius 2 is 2.19 bits per heavy atom. The molecule has 1 atom stereocenters. The van der Waals surface area contributed by atoms with Crippen molar-refractivity contribution in [3.63, 3.8) is 0 Å². The van der Waals surface area contributed by atoms with E-state index in [0.29, 0.717) is 12.2 Å². The average Bonchev–Trinajstić information content (AvgIpc) is 3.05. The Morgan fingerprint density at radius 3 is 2.90 bits per heavy atom. The van der Waals surface area contributed by atoms with Gasteiger partial charge in [-0.2, -0.15) is 0 Å². The summed E-state index contributed by atoms with van der Waals surface area (Å²) < 4.78 is 1.97. The summed E-state index contributed by atoms with van der Waals surface area (Å²) in [5.41, 5.74) is 1.97. The zero-order valence-electron chi connectivity index (χ0n) is 11.2. The smallest absolute Gasteiger partial charge is 0.316 e. The molecule has 0 aliphatic rings. The minimum absolute atomic E-state index is 0.452. The van der Waals surface area contributed by atoms with Gasteiger partial charge in [0.05, 0.1) is 5.69 Å². The largest absolute Gasteiger partial charge is 0.480 e. The van der Waals surface area contributed by atoms with Gasteiger partial charge in [0, 0.05) is 23.5 Å². The highest BCUT2D eigenvalue weighted by Crippen LogP contribution is 2.22. The van der Waals surface area contributed by atoms with Gasteiger partial charge in [-0.3, -0.25) is 9.20 Å². The lowest BCUT2D eigenvalue weighted by Crippen LogP contribution is -2.19. The number of nitrogens with zero attached hydrogens (tertiary/aromatic N) is 2. The topological polar surface area (TPSA) is 54.6 Å². The van der Waals surface area contributed by atoms with Gasteiger partial charge in [-0.15, -0.1) is 23.1 Å². The fourth-order valence-corrected chi connectivity index (χ4v) is 3.76.